The summed E-state index contributed by atoms with van der Waals surface area (Å²) in [6, 6.07) is 4.51. The fourth-order valence-corrected chi connectivity index (χ4v) is 4.54. The molecule has 0 heterocycles. The van der Waals surface area contributed by atoms with E-state index in [4.69, 9.17) is 0 Å². The molecular formula is C17H20BrF2NO2. The number of carbonyl (C=O) groups is 1. The number of fused-ring (bicyclic) bond motifs is 2. The molecule has 2 aliphatic carbocycles. The topological polar surface area (TPSA) is 38.3 Å². The van der Waals surface area contributed by atoms with Gasteiger partial charge in [-0.3, -0.25) is 4.79 Å². The number of carbonyl (C=O) groups excluding carboxylic acids is 1. The normalized spacial score (nSPS) is 27.3. The molecule has 0 aromatic heterocycles. The van der Waals surface area contributed by atoms with E-state index in [0.29, 0.717) is 16.3 Å². The first-order valence-corrected chi connectivity index (χ1v) is 8.78. The van der Waals surface area contributed by atoms with Crippen molar-refractivity contribution in [2.45, 2.75) is 45.3 Å². The van der Waals surface area contributed by atoms with Crippen LogP contribution < -0.4 is 10.1 Å². The number of hydrogen-bond donors (Lipinski definition) is 1. The molecule has 0 radical (unpaired) electrons. The van der Waals surface area contributed by atoms with E-state index in [0.717, 1.165) is 12.3 Å². The van der Waals surface area contributed by atoms with Gasteiger partial charge in [0, 0.05) is 10.5 Å². The van der Waals surface area contributed by atoms with E-state index in [1.54, 1.807) is 6.07 Å². The van der Waals surface area contributed by atoms with Crippen LogP contribution >= 0.6 is 15.9 Å². The lowest BCUT2D eigenvalue weighted by Crippen LogP contribution is -2.40. The molecule has 4 atom stereocenters. The van der Waals surface area contributed by atoms with Crippen molar-refractivity contribution in [3.63, 3.8) is 0 Å². The molecule has 0 spiro atoms. The maximum atomic E-state index is 12.5. The van der Waals surface area contributed by atoms with Gasteiger partial charge < -0.3 is 10.1 Å². The summed E-state index contributed by atoms with van der Waals surface area (Å²) in [5, 5.41) is 2.98. The first kappa shape index (κ1) is 16.7. The van der Waals surface area contributed by atoms with Gasteiger partial charge in [0.25, 0.3) is 5.91 Å². The summed E-state index contributed by atoms with van der Waals surface area (Å²) in [6.45, 7) is -0.944. The molecule has 2 bridgehead atoms. The van der Waals surface area contributed by atoms with Crippen LogP contribution in [0.1, 0.15) is 43.0 Å². The molecule has 23 heavy (non-hydrogen) atoms. The third kappa shape index (κ3) is 3.67. The predicted molar refractivity (Wildman–Crippen MR) is 86.6 cm³/mol. The van der Waals surface area contributed by atoms with E-state index >= 15 is 0 Å². The van der Waals surface area contributed by atoms with Crippen LogP contribution in [0.25, 0.3) is 0 Å². The van der Waals surface area contributed by atoms with Crippen LogP contribution in [0.5, 0.6) is 5.75 Å². The van der Waals surface area contributed by atoms with Gasteiger partial charge in [0.15, 0.2) is 0 Å². The lowest BCUT2D eigenvalue weighted by molar-refractivity contribution is -0.0501. The Morgan fingerprint density at radius 3 is 2.74 bits per heavy atom. The third-order valence-electron chi connectivity index (χ3n) is 5.20. The van der Waals surface area contributed by atoms with Gasteiger partial charge in [-0.25, -0.2) is 0 Å². The number of rotatable bonds is 5. The van der Waals surface area contributed by atoms with Crippen LogP contribution in [-0.4, -0.2) is 18.6 Å². The summed E-state index contributed by atoms with van der Waals surface area (Å²) >= 11 is 3.27. The summed E-state index contributed by atoms with van der Waals surface area (Å²) in [5.74, 6) is 1.52. The van der Waals surface area contributed by atoms with E-state index in [1.165, 1.54) is 31.4 Å². The first-order valence-electron chi connectivity index (χ1n) is 7.99. The summed E-state index contributed by atoms with van der Waals surface area (Å²) in [6.07, 6.45) is 4.97. The summed E-state index contributed by atoms with van der Waals surface area (Å²) in [4.78, 5) is 12.5. The summed E-state index contributed by atoms with van der Waals surface area (Å²) in [7, 11) is 0. The summed E-state index contributed by atoms with van der Waals surface area (Å²) < 4.78 is 30.1. The van der Waals surface area contributed by atoms with Crippen LogP contribution in [0.2, 0.25) is 0 Å². The average Bonchev–Trinajstić information content (AvgIpc) is 3.11. The summed E-state index contributed by atoms with van der Waals surface area (Å²) in [5.41, 5.74) is 0.134. The van der Waals surface area contributed by atoms with Crippen molar-refractivity contribution in [3.05, 3.63) is 28.2 Å². The minimum atomic E-state index is -2.95. The molecule has 1 N–H and O–H groups in total. The Labute approximate surface area is 142 Å². The van der Waals surface area contributed by atoms with Crippen molar-refractivity contribution < 1.29 is 18.3 Å². The largest absolute Gasteiger partial charge is 0.434 e. The minimum absolute atomic E-state index is 0.0381. The second-order valence-corrected chi connectivity index (χ2v) is 7.54. The Balaban J connectivity index is 1.71. The van der Waals surface area contributed by atoms with E-state index in [-0.39, 0.29) is 23.3 Å². The van der Waals surface area contributed by atoms with Crippen molar-refractivity contribution in [2.24, 2.45) is 17.8 Å². The molecule has 2 saturated carbocycles. The maximum absolute atomic E-state index is 12.5. The number of benzene rings is 1. The highest BCUT2D eigenvalue weighted by molar-refractivity contribution is 9.10. The standard InChI is InChI=1S/C17H20BrF2NO2/c1-9(13-7-10-2-3-11(13)6-10)21-16(22)14-8-12(18)4-5-15(14)23-17(19)20/h4-5,8-11,13,17H,2-3,6-7H2,1H3,(H,21,22)/t9-,10-,11-,13+/m1/s1. The van der Waals surface area contributed by atoms with E-state index in [9.17, 15) is 13.6 Å². The number of amides is 1. The molecular weight excluding hydrogens is 368 g/mol. The fourth-order valence-electron chi connectivity index (χ4n) is 4.18. The molecule has 2 fully saturated rings. The van der Waals surface area contributed by atoms with E-state index in [1.807, 2.05) is 6.92 Å². The second-order valence-electron chi connectivity index (χ2n) is 6.62. The lowest BCUT2D eigenvalue weighted by atomic mass is 9.84. The highest BCUT2D eigenvalue weighted by Crippen LogP contribution is 2.49. The van der Waals surface area contributed by atoms with E-state index in [2.05, 4.69) is 26.0 Å². The van der Waals surface area contributed by atoms with Crippen LogP contribution in [0.3, 0.4) is 0 Å². The van der Waals surface area contributed by atoms with E-state index < -0.39 is 6.61 Å². The Hall–Kier alpha value is -1.17. The molecule has 0 aliphatic heterocycles. The van der Waals surface area contributed by atoms with Gasteiger partial charge in [-0.1, -0.05) is 22.4 Å². The fraction of sp³-hybridized carbons (Fsp3) is 0.588. The highest BCUT2D eigenvalue weighted by Gasteiger charge is 2.42. The SMILES string of the molecule is C[C@@H](NC(=O)c1cc(Br)ccc1OC(F)F)[C@@H]1C[C@@H]2CC[C@@H]1C2. The minimum Gasteiger partial charge on any atom is -0.434 e. The van der Waals surface area contributed by atoms with Gasteiger partial charge in [0.1, 0.15) is 5.75 Å². The molecule has 0 unspecified atom stereocenters. The van der Waals surface area contributed by atoms with Crippen LogP contribution in [0.15, 0.2) is 22.7 Å². The van der Waals surface area contributed by atoms with Gasteiger partial charge in [-0.05, 0) is 62.1 Å². The maximum Gasteiger partial charge on any atom is 0.387 e. The molecule has 1 aromatic rings. The van der Waals surface area contributed by atoms with Crippen molar-refractivity contribution in [2.75, 3.05) is 0 Å². The van der Waals surface area contributed by atoms with Crippen LogP contribution in [-0.2, 0) is 0 Å². The zero-order valence-corrected chi connectivity index (χ0v) is 14.5. The van der Waals surface area contributed by atoms with Gasteiger partial charge in [0.2, 0.25) is 0 Å². The molecule has 1 amide bonds. The molecule has 2 aliphatic rings. The number of hydrogen-bond acceptors (Lipinski definition) is 2. The van der Waals surface area contributed by atoms with Crippen molar-refractivity contribution in [1.82, 2.24) is 5.32 Å². The Morgan fingerprint density at radius 1 is 1.35 bits per heavy atom. The predicted octanol–water partition coefficient (Wildman–Crippen LogP) is 4.61. The van der Waals surface area contributed by atoms with Crippen molar-refractivity contribution in [3.8, 4) is 5.75 Å². The lowest BCUT2D eigenvalue weighted by Gasteiger charge is -2.28. The molecule has 0 saturated heterocycles. The first-order chi connectivity index (χ1) is 10.9. The quantitative estimate of drug-likeness (QED) is 0.801. The zero-order chi connectivity index (χ0) is 16.6. The van der Waals surface area contributed by atoms with Crippen molar-refractivity contribution in [1.29, 1.82) is 0 Å². The van der Waals surface area contributed by atoms with Crippen LogP contribution in [0.4, 0.5) is 8.78 Å². The Kier molecular flexibility index (Phi) is 4.90. The Bertz CT molecular complexity index is 596. The average molecular weight is 388 g/mol. The van der Waals surface area contributed by atoms with Gasteiger partial charge in [-0.15, -0.1) is 0 Å². The zero-order valence-electron chi connectivity index (χ0n) is 12.9. The second kappa shape index (κ2) is 6.75. The number of nitrogens with one attached hydrogen (secondary N) is 1. The molecule has 126 valence electrons. The van der Waals surface area contributed by atoms with Crippen molar-refractivity contribution >= 4 is 21.8 Å². The van der Waals surface area contributed by atoms with Gasteiger partial charge in [0.05, 0.1) is 5.56 Å². The molecule has 1 aromatic carbocycles. The Morgan fingerprint density at radius 2 is 2.13 bits per heavy atom. The van der Waals surface area contributed by atoms with Crippen LogP contribution in [0, 0.1) is 17.8 Å². The van der Waals surface area contributed by atoms with Gasteiger partial charge in [-0.2, -0.15) is 8.78 Å². The number of ether oxygens (including phenoxy) is 1. The smallest absolute Gasteiger partial charge is 0.387 e. The molecule has 3 rings (SSSR count). The third-order valence-corrected chi connectivity index (χ3v) is 5.69. The molecule has 3 nitrogen and oxygen atoms in total. The highest BCUT2D eigenvalue weighted by atomic mass is 79.9. The molecule has 6 heteroatoms. The number of alkyl halides is 2. The monoisotopic (exact) mass is 387 g/mol. The van der Waals surface area contributed by atoms with Gasteiger partial charge >= 0.3 is 6.61 Å². The number of halogens is 3.